The van der Waals surface area contributed by atoms with Crippen molar-refractivity contribution in [3.05, 3.63) is 0 Å². The van der Waals surface area contributed by atoms with Gasteiger partial charge in [0.25, 0.3) is 0 Å². The molecule has 2 N–H and O–H groups in total. The van der Waals surface area contributed by atoms with Gasteiger partial charge < -0.3 is 10.6 Å². The minimum Gasteiger partial charge on any atom is -0.356 e. The van der Waals surface area contributed by atoms with E-state index in [0.717, 1.165) is 25.6 Å². The van der Waals surface area contributed by atoms with Gasteiger partial charge >= 0.3 is 0 Å². The highest BCUT2D eigenvalue weighted by molar-refractivity contribution is 5.80. The van der Waals surface area contributed by atoms with Gasteiger partial charge in [-0.3, -0.25) is 4.99 Å². The normalized spacial score (nSPS) is 15.4. The second-order valence-electron chi connectivity index (χ2n) is 4.56. The van der Waals surface area contributed by atoms with E-state index in [9.17, 15) is 0 Å². The Labute approximate surface area is 100 Å². The first-order valence-electron chi connectivity index (χ1n) is 6.95. The van der Waals surface area contributed by atoms with Gasteiger partial charge in [-0.25, -0.2) is 0 Å². The number of nitrogens with one attached hydrogen (secondary N) is 2. The van der Waals surface area contributed by atoms with Crippen LogP contribution in [0.15, 0.2) is 4.99 Å². The number of hydrogen-bond acceptors (Lipinski definition) is 3. The molecule has 1 rings (SSSR count). The molecule has 0 spiro atoms. The highest BCUT2D eigenvalue weighted by Crippen LogP contribution is 2.06. The molecular weight excluding hydrogens is 198 g/mol. The molecule has 0 saturated carbocycles. The molecule has 16 heavy (non-hydrogen) atoms. The molecule has 0 aromatic carbocycles. The number of hydrogen-bond donors (Lipinski definition) is 2. The highest BCUT2D eigenvalue weighted by Gasteiger charge is 2.01. The molecule has 0 aliphatic carbocycles. The zero-order valence-electron chi connectivity index (χ0n) is 10.7. The predicted molar refractivity (Wildman–Crippen MR) is 70.9 cm³/mol. The van der Waals surface area contributed by atoms with Crippen LogP contribution in [0.1, 0.15) is 58.3 Å². The predicted octanol–water partition coefficient (Wildman–Crippen LogP) is 2.68. The topological polar surface area (TPSA) is 36.4 Å². The lowest BCUT2D eigenvalue weighted by atomic mass is 10.1. The zero-order valence-corrected chi connectivity index (χ0v) is 10.7. The molecule has 1 aliphatic rings. The van der Waals surface area contributed by atoms with Crippen LogP contribution in [0.5, 0.6) is 0 Å². The fourth-order valence-corrected chi connectivity index (χ4v) is 1.94. The lowest BCUT2D eigenvalue weighted by Gasteiger charge is -2.15. The van der Waals surface area contributed by atoms with Crippen molar-refractivity contribution in [3.63, 3.8) is 0 Å². The average Bonchev–Trinajstić information content (AvgIpc) is 2.34. The first kappa shape index (κ1) is 13.3. The standard InChI is InChI=1S/C13H27N3/c1-2-3-4-5-6-7-8-10-14-13-15-11-9-12-16-13/h2-12H2,1H3,(H2,14,15,16). The summed E-state index contributed by atoms with van der Waals surface area (Å²) >= 11 is 0. The van der Waals surface area contributed by atoms with Gasteiger partial charge in [0.2, 0.25) is 0 Å². The van der Waals surface area contributed by atoms with Gasteiger partial charge in [0.1, 0.15) is 0 Å². The summed E-state index contributed by atoms with van der Waals surface area (Å²) in [7, 11) is 0. The summed E-state index contributed by atoms with van der Waals surface area (Å²) < 4.78 is 0. The van der Waals surface area contributed by atoms with E-state index in [-0.39, 0.29) is 0 Å². The maximum atomic E-state index is 4.38. The molecular formula is C13H27N3. The number of unbranched alkanes of at least 4 members (excludes halogenated alkanes) is 6. The molecule has 1 aliphatic heterocycles. The van der Waals surface area contributed by atoms with Gasteiger partial charge in [-0.15, -0.1) is 0 Å². The Balaban J connectivity index is 1.82. The van der Waals surface area contributed by atoms with Crippen LogP contribution in [0.25, 0.3) is 0 Å². The van der Waals surface area contributed by atoms with Gasteiger partial charge in [0.05, 0.1) is 0 Å². The molecule has 94 valence electrons. The van der Waals surface area contributed by atoms with E-state index in [1.165, 1.54) is 51.4 Å². The van der Waals surface area contributed by atoms with Crippen molar-refractivity contribution < 1.29 is 0 Å². The van der Waals surface area contributed by atoms with E-state index in [1.807, 2.05) is 0 Å². The van der Waals surface area contributed by atoms with E-state index >= 15 is 0 Å². The van der Waals surface area contributed by atoms with Crippen molar-refractivity contribution in [1.29, 1.82) is 0 Å². The third-order valence-electron chi connectivity index (χ3n) is 2.97. The number of aliphatic imine (C=N–C) groups is 1. The van der Waals surface area contributed by atoms with Crippen LogP contribution >= 0.6 is 0 Å². The van der Waals surface area contributed by atoms with Gasteiger partial charge in [-0.1, -0.05) is 45.4 Å². The van der Waals surface area contributed by atoms with Gasteiger partial charge in [-0.05, 0) is 12.8 Å². The Hall–Kier alpha value is -0.730. The lowest BCUT2D eigenvalue weighted by Crippen LogP contribution is -2.41. The zero-order chi connectivity index (χ0) is 11.5. The van der Waals surface area contributed by atoms with Crippen LogP contribution < -0.4 is 10.6 Å². The molecule has 1 heterocycles. The Morgan fingerprint density at radius 3 is 2.56 bits per heavy atom. The van der Waals surface area contributed by atoms with Crippen molar-refractivity contribution in [2.75, 3.05) is 19.6 Å². The fraction of sp³-hybridized carbons (Fsp3) is 0.923. The molecule has 0 amide bonds. The molecule has 0 aromatic rings. The van der Waals surface area contributed by atoms with E-state index < -0.39 is 0 Å². The summed E-state index contributed by atoms with van der Waals surface area (Å²) in [6.45, 7) is 5.39. The van der Waals surface area contributed by atoms with E-state index in [4.69, 9.17) is 0 Å². The maximum absolute atomic E-state index is 4.38. The first-order chi connectivity index (χ1) is 7.93. The fourth-order valence-electron chi connectivity index (χ4n) is 1.94. The number of rotatable bonds is 8. The Kier molecular flexibility index (Phi) is 7.91. The Bertz CT molecular complexity index is 190. The molecule has 0 aromatic heterocycles. The third-order valence-corrected chi connectivity index (χ3v) is 2.97. The third kappa shape index (κ3) is 6.70. The van der Waals surface area contributed by atoms with Crippen LogP contribution in [0.3, 0.4) is 0 Å². The van der Waals surface area contributed by atoms with Crippen molar-refractivity contribution in [1.82, 2.24) is 10.6 Å². The molecule has 0 bridgehead atoms. The maximum Gasteiger partial charge on any atom is 0.191 e. The summed E-state index contributed by atoms with van der Waals surface area (Å²) in [6.07, 6.45) is 10.7. The summed E-state index contributed by atoms with van der Waals surface area (Å²) in [5, 5.41) is 6.64. The van der Waals surface area contributed by atoms with Crippen molar-refractivity contribution >= 4 is 5.96 Å². The Morgan fingerprint density at radius 2 is 1.88 bits per heavy atom. The summed E-state index contributed by atoms with van der Waals surface area (Å²) in [5.41, 5.74) is 0. The van der Waals surface area contributed by atoms with Crippen LogP contribution in [0, 0.1) is 0 Å². The second-order valence-corrected chi connectivity index (χ2v) is 4.56. The lowest BCUT2D eigenvalue weighted by molar-refractivity contribution is 0.581. The number of nitrogens with zero attached hydrogens (tertiary/aromatic N) is 1. The molecule has 3 nitrogen and oxygen atoms in total. The Morgan fingerprint density at radius 1 is 1.12 bits per heavy atom. The van der Waals surface area contributed by atoms with Crippen LogP contribution in [0.2, 0.25) is 0 Å². The van der Waals surface area contributed by atoms with Crippen molar-refractivity contribution in [2.24, 2.45) is 4.99 Å². The SMILES string of the molecule is CCCCCCCCCNC1=NCCCN1. The minimum absolute atomic E-state index is 0.979. The monoisotopic (exact) mass is 225 g/mol. The number of guanidine groups is 1. The average molecular weight is 225 g/mol. The van der Waals surface area contributed by atoms with E-state index in [1.54, 1.807) is 0 Å². The van der Waals surface area contributed by atoms with Gasteiger partial charge in [0, 0.05) is 19.6 Å². The largest absolute Gasteiger partial charge is 0.356 e. The quantitative estimate of drug-likeness (QED) is 0.623. The molecule has 0 radical (unpaired) electrons. The first-order valence-corrected chi connectivity index (χ1v) is 6.95. The molecule has 0 atom stereocenters. The van der Waals surface area contributed by atoms with E-state index in [2.05, 4.69) is 22.5 Å². The minimum atomic E-state index is 0.979. The van der Waals surface area contributed by atoms with Crippen LogP contribution in [-0.2, 0) is 0 Å². The molecule has 0 unspecified atom stereocenters. The molecule has 0 fully saturated rings. The van der Waals surface area contributed by atoms with E-state index in [0.29, 0.717) is 0 Å². The smallest absolute Gasteiger partial charge is 0.191 e. The summed E-state index contributed by atoms with van der Waals surface area (Å²) in [5.74, 6) is 1.01. The second kappa shape index (κ2) is 9.49. The highest BCUT2D eigenvalue weighted by atomic mass is 15.2. The van der Waals surface area contributed by atoms with Crippen LogP contribution in [0.4, 0.5) is 0 Å². The summed E-state index contributed by atoms with van der Waals surface area (Å²) in [4.78, 5) is 4.38. The van der Waals surface area contributed by atoms with Crippen molar-refractivity contribution in [3.8, 4) is 0 Å². The molecule has 0 saturated heterocycles. The van der Waals surface area contributed by atoms with Gasteiger partial charge in [-0.2, -0.15) is 0 Å². The van der Waals surface area contributed by atoms with Crippen molar-refractivity contribution in [2.45, 2.75) is 58.3 Å². The summed E-state index contributed by atoms with van der Waals surface area (Å²) in [6, 6.07) is 0. The molecule has 3 heteroatoms. The van der Waals surface area contributed by atoms with Crippen LogP contribution in [-0.4, -0.2) is 25.6 Å². The van der Waals surface area contributed by atoms with Gasteiger partial charge in [0.15, 0.2) is 5.96 Å².